The highest BCUT2D eigenvalue weighted by molar-refractivity contribution is 7.88. The second kappa shape index (κ2) is 11.4. The molecule has 1 aromatic heterocycles. The summed E-state index contributed by atoms with van der Waals surface area (Å²) in [6.07, 6.45) is 2.84. The van der Waals surface area contributed by atoms with Gasteiger partial charge in [-0.3, -0.25) is 9.78 Å². The number of aromatic nitrogens is 1. The minimum atomic E-state index is -3.31. The number of sulfonamides is 1. The Morgan fingerprint density at radius 1 is 1.00 bits per heavy atom. The van der Waals surface area contributed by atoms with Crippen LogP contribution in [-0.4, -0.2) is 60.9 Å². The van der Waals surface area contributed by atoms with Crippen molar-refractivity contribution in [2.75, 3.05) is 32.4 Å². The fraction of sp³-hybridized carbons (Fsp3) is 0.333. The summed E-state index contributed by atoms with van der Waals surface area (Å²) in [5, 5.41) is 3.29. The maximum absolute atomic E-state index is 14.9. The van der Waals surface area contributed by atoms with Crippen LogP contribution >= 0.6 is 0 Å². The lowest BCUT2D eigenvalue weighted by atomic mass is 9.84. The van der Waals surface area contributed by atoms with Gasteiger partial charge in [0.15, 0.2) is 0 Å². The highest BCUT2D eigenvalue weighted by atomic mass is 32.2. The third-order valence-electron chi connectivity index (χ3n) is 6.78. The van der Waals surface area contributed by atoms with Crippen LogP contribution < -0.4 is 0 Å². The van der Waals surface area contributed by atoms with E-state index in [0.29, 0.717) is 22.4 Å². The highest BCUT2D eigenvalue weighted by Gasteiger charge is 2.28. The number of amides is 1. The number of rotatable bonds is 8. The first kappa shape index (κ1) is 27.5. The van der Waals surface area contributed by atoms with Gasteiger partial charge in [0.1, 0.15) is 17.7 Å². The predicted molar refractivity (Wildman–Crippen MR) is 139 cm³/mol. The molecule has 0 radical (unpaired) electrons. The molecule has 38 heavy (non-hydrogen) atoms. The third-order valence-corrected chi connectivity index (χ3v) is 8.09. The summed E-state index contributed by atoms with van der Waals surface area (Å²) in [4.78, 5) is 30.6. The van der Waals surface area contributed by atoms with Gasteiger partial charge in [-0.1, -0.05) is 23.4 Å². The van der Waals surface area contributed by atoms with Crippen molar-refractivity contribution >= 4 is 15.9 Å². The summed E-state index contributed by atoms with van der Waals surface area (Å²) < 4.78 is 53.4. The number of carbonyl (C=O) groups is 1. The monoisotopic (exact) mass is 542 g/mol. The number of aryl methyl sites for hydroxylation is 1. The summed E-state index contributed by atoms with van der Waals surface area (Å²) in [5.74, 6) is -2.34. The van der Waals surface area contributed by atoms with Crippen molar-refractivity contribution in [2.45, 2.75) is 25.3 Å². The molecule has 0 aliphatic carbocycles. The van der Waals surface area contributed by atoms with E-state index in [2.05, 4.69) is 10.2 Å². The Hall–Kier alpha value is -3.57. The lowest BCUT2D eigenvalue weighted by molar-refractivity contribution is 0.0698. The van der Waals surface area contributed by atoms with Crippen molar-refractivity contribution in [1.82, 2.24) is 14.2 Å². The number of halogens is 2. The average Bonchev–Trinajstić information content (AvgIpc) is 2.89. The zero-order chi connectivity index (χ0) is 27.4. The molecule has 11 heteroatoms. The Morgan fingerprint density at radius 2 is 1.68 bits per heavy atom. The molecule has 200 valence electrons. The van der Waals surface area contributed by atoms with Crippen LogP contribution in [0.4, 0.5) is 8.78 Å². The molecule has 8 nitrogen and oxygen atoms in total. The SMILES string of the molecule is Cc1cc(C(CC(c2ccc(C(=O)N3CCN(S(C)(=O)=O)CC3)cc2)c2ccc(F)cc2F)N=O)ccn1. The lowest BCUT2D eigenvalue weighted by Gasteiger charge is -2.33. The first-order chi connectivity index (χ1) is 18.1. The van der Waals surface area contributed by atoms with Gasteiger partial charge in [0.25, 0.3) is 5.91 Å². The number of pyridine rings is 1. The molecule has 2 aromatic carbocycles. The van der Waals surface area contributed by atoms with Gasteiger partial charge in [0, 0.05) is 55.6 Å². The molecule has 4 rings (SSSR count). The summed E-state index contributed by atoms with van der Waals surface area (Å²) in [6, 6.07) is 12.6. The minimum Gasteiger partial charge on any atom is -0.336 e. The standard InChI is InChI=1S/C27H28F2N4O4S/c1-18-15-21(9-10-30-18)26(31-35)17-24(23-8-7-22(28)16-25(23)29)19-3-5-20(6-4-19)27(34)32-11-13-33(14-12-32)38(2,36)37/h3-10,15-16,24,26H,11-14,17H2,1-2H3. The molecule has 0 bridgehead atoms. The van der Waals surface area contributed by atoms with E-state index in [4.69, 9.17) is 0 Å². The Bertz CT molecular complexity index is 1430. The van der Waals surface area contributed by atoms with E-state index in [9.17, 15) is 26.9 Å². The van der Waals surface area contributed by atoms with Gasteiger partial charge in [-0.05, 0) is 60.4 Å². The molecule has 2 heterocycles. The van der Waals surface area contributed by atoms with Crippen molar-refractivity contribution in [3.05, 3.63) is 105 Å². The molecule has 3 aromatic rings. The van der Waals surface area contributed by atoms with Crippen molar-refractivity contribution in [2.24, 2.45) is 5.18 Å². The van der Waals surface area contributed by atoms with Gasteiger partial charge in [0.05, 0.1) is 6.26 Å². The second-order valence-electron chi connectivity index (χ2n) is 9.38. The van der Waals surface area contributed by atoms with E-state index < -0.39 is 33.6 Å². The van der Waals surface area contributed by atoms with Crippen LogP contribution in [0, 0.1) is 23.5 Å². The van der Waals surface area contributed by atoms with Gasteiger partial charge in [-0.15, -0.1) is 0 Å². The van der Waals surface area contributed by atoms with Crippen molar-refractivity contribution < 1.29 is 22.0 Å². The normalized spacial score (nSPS) is 16.2. The van der Waals surface area contributed by atoms with Crippen molar-refractivity contribution in [3.8, 4) is 0 Å². The average molecular weight is 543 g/mol. The number of hydrogen-bond donors (Lipinski definition) is 0. The molecule has 1 amide bonds. The first-order valence-corrected chi connectivity index (χ1v) is 14.0. The zero-order valence-electron chi connectivity index (χ0n) is 21.0. The topological polar surface area (TPSA) is 100 Å². The van der Waals surface area contributed by atoms with Crippen LogP contribution in [0.5, 0.6) is 0 Å². The molecule has 1 saturated heterocycles. The van der Waals surface area contributed by atoms with Crippen LogP contribution in [-0.2, 0) is 10.0 Å². The fourth-order valence-electron chi connectivity index (χ4n) is 4.73. The molecule has 0 spiro atoms. The lowest BCUT2D eigenvalue weighted by Crippen LogP contribution is -2.50. The summed E-state index contributed by atoms with van der Waals surface area (Å²) >= 11 is 0. The van der Waals surface area contributed by atoms with Crippen LogP contribution in [0.1, 0.15) is 51.1 Å². The van der Waals surface area contributed by atoms with Gasteiger partial charge in [-0.2, -0.15) is 9.21 Å². The molecular formula is C27H28F2N4O4S. The first-order valence-electron chi connectivity index (χ1n) is 12.1. The van der Waals surface area contributed by atoms with Crippen LogP contribution in [0.2, 0.25) is 0 Å². The quantitative estimate of drug-likeness (QED) is 0.393. The Balaban J connectivity index is 1.60. The molecule has 1 aliphatic rings. The highest BCUT2D eigenvalue weighted by Crippen LogP contribution is 2.37. The Kier molecular flexibility index (Phi) is 8.27. The van der Waals surface area contributed by atoms with E-state index in [1.807, 2.05) is 0 Å². The van der Waals surface area contributed by atoms with Crippen molar-refractivity contribution in [1.29, 1.82) is 0 Å². The number of nitroso groups, excluding NO2 is 1. The smallest absolute Gasteiger partial charge is 0.253 e. The molecule has 1 fully saturated rings. The maximum Gasteiger partial charge on any atom is 0.253 e. The zero-order valence-corrected chi connectivity index (χ0v) is 21.9. The molecule has 2 unspecified atom stereocenters. The Labute approximate surface area is 220 Å². The predicted octanol–water partition coefficient (Wildman–Crippen LogP) is 4.42. The molecule has 0 saturated carbocycles. The Morgan fingerprint density at radius 3 is 2.26 bits per heavy atom. The minimum absolute atomic E-state index is 0.121. The largest absolute Gasteiger partial charge is 0.336 e. The van der Waals surface area contributed by atoms with E-state index in [1.165, 1.54) is 16.4 Å². The van der Waals surface area contributed by atoms with Gasteiger partial charge in [0.2, 0.25) is 10.0 Å². The molecular weight excluding hydrogens is 514 g/mol. The molecule has 1 aliphatic heterocycles. The molecule has 0 N–H and O–H groups in total. The van der Waals surface area contributed by atoms with Crippen molar-refractivity contribution in [3.63, 3.8) is 0 Å². The van der Waals surface area contributed by atoms with E-state index >= 15 is 0 Å². The van der Waals surface area contributed by atoms with E-state index in [-0.39, 0.29) is 44.1 Å². The number of hydrogen-bond acceptors (Lipinski definition) is 6. The van der Waals surface area contributed by atoms with Gasteiger partial charge < -0.3 is 4.90 Å². The van der Waals surface area contributed by atoms with E-state index in [1.54, 1.807) is 54.4 Å². The maximum atomic E-state index is 14.9. The van der Waals surface area contributed by atoms with Gasteiger partial charge in [-0.25, -0.2) is 17.2 Å². The summed E-state index contributed by atoms with van der Waals surface area (Å²) in [6.45, 7) is 2.79. The van der Waals surface area contributed by atoms with Crippen LogP contribution in [0.25, 0.3) is 0 Å². The number of piperazine rings is 1. The van der Waals surface area contributed by atoms with Crippen LogP contribution in [0.3, 0.4) is 0 Å². The number of benzene rings is 2. The second-order valence-corrected chi connectivity index (χ2v) is 11.4. The van der Waals surface area contributed by atoms with E-state index in [0.717, 1.165) is 12.3 Å². The molecule has 2 atom stereocenters. The third kappa shape index (κ3) is 6.28. The summed E-state index contributed by atoms with van der Waals surface area (Å²) in [7, 11) is -3.31. The number of carbonyl (C=O) groups excluding carboxylic acids is 1. The fourth-order valence-corrected chi connectivity index (χ4v) is 5.55. The van der Waals surface area contributed by atoms with Crippen LogP contribution in [0.15, 0.2) is 66.0 Å². The van der Waals surface area contributed by atoms with Gasteiger partial charge >= 0.3 is 0 Å². The summed E-state index contributed by atoms with van der Waals surface area (Å²) in [5.41, 5.74) is 2.59. The number of nitrogens with zero attached hydrogens (tertiary/aromatic N) is 4.